The molecule has 0 aliphatic heterocycles. The van der Waals surface area contributed by atoms with Crippen molar-refractivity contribution in [3.63, 3.8) is 0 Å². The molecule has 2 N–H and O–H groups in total. The first-order valence-electron chi connectivity index (χ1n) is 5.04. The smallest absolute Gasteiger partial charge is 0.240 e. The van der Waals surface area contributed by atoms with Crippen LogP contribution in [0.15, 0.2) is 23.1 Å². The predicted octanol–water partition coefficient (Wildman–Crippen LogP) is 0.766. The Balaban J connectivity index is 2.17. The maximum absolute atomic E-state index is 12.9. The van der Waals surface area contributed by atoms with Crippen molar-refractivity contribution in [3.8, 4) is 0 Å². The van der Waals surface area contributed by atoms with Crippen LogP contribution in [0.4, 0.5) is 8.78 Å². The quantitative estimate of drug-likeness (QED) is 0.846. The lowest BCUT2D eigenvalue weighted by atomic mass is 9.91. The van der Waals surface area contributed by atoms with Gasteiger partial charge in [0.1, 0.15) is 0 Å². The molecule has 1 aliphatic carbocycles. The van der Waals surface area contributed by atoms with E-state index in [9.17, 15) is 17.2 Å². The highest BCUT2D eigenvalue weighted by Crippen LogP contribution is 2.22. The van der Waals surface area contributed by atoms with E-state index < -0.39 is 27.8 Å². The lowest BCUT2D eigenvalue weighted by Crippen LogP contribution is -2.46. The average Bonchev–Trinajstić information content (AvgIpc) is 2.19. The number of sulfonamides is 1. The van der Waals surface area contributed by atoms with E-state index in [1.807, 2.05) is 0 Å². The Hall–Kier alpha value is -1.05. The number of halogens is 2. The standard InChI is InChI=1S/C10H11F2NO3S/c11-9-2-1-8(5-10(9)12)17(15,16)13-6-3-7(14)4-6/h1-2,5-7,13-14H,3-4H2. The van der Waals surface area contributed by atoms with Gasteiger partial charge in [0.25, 0.3) is 0 Å². The molecular formula is C10H11F2NO3S. The fourth-order valence-corrected chi connectivity index (χ4v) is 2.89. The minimum absolute atomic E-state index is 0.321. The van der Waals surface area contributed by atoms with E-state index >= 15 is 0 Å². The summed E-state index contributed by atoms with van der Waals surface area (Å²) >= 11 is 0. The van der Waals surface area contributed by atoms with Gasteiger partial charge in [0, 0.05) is 6.04 Å². The monoisotopic (exact) mass is 263 g/mol. The summed E-state index contributed by atoms with van der Waals surface area (Å²) in [6.45, 7) is 0. The Morgan fingerprint density at radius 3 is 2.41 bits per heavy atom. The van der Waals surface area contributed by atoms with Crippen molar-refractivity contribution in [2.75, 3.05) is 0 Å². The second-order valence-corrected chi connectivity index (χ2v) is 5.73. The molecule has 0 unspecified atom stereocenters. The van der Waals surface area contributed by atoms with Crippen LogP contribution in [0.25, 0.3) is 0 Å². The first-order valence-corrected chi connectivity index (χ1v) is 6.52. The highest BCUT2D eigenvalue weighted by atomic mass is 32.2. The predicted molar refractivity (Wildman–Crippen MR) is 55.7 cm³/mol. The Morgan fingerprint density at radius 1 is 1.24 bits per heavy atom. The van der Waals surface area contributed by atoms with Crippen LogP contribution in [0.2, 0.25) is 0 Å². The SMILES string of the molecule is O=S(=O)(NC1CC(O)C1)c1ccc(F)c(F)c1. The van der Waals surface area contributed by atoms with Gasteiger partial charge in [-0.3, -0.25) is 0 Å². The lowest BCUT2D eigenvalue weighted by Gasteiger charge is -2.31. The Kier molecular flexibility index (Phi) is 3.15. The molecule has 2 rings (SSSR count). The zero-order valence-corrected chi connectivity index (χ0v) is 9.55. The van der Waals surface area contributed by atoms with Gasteiger partial charge in [0.15, 0.2) is 11.6 Å². The van der Waals surface area contributed by atoms with Gasteiger partial charge in [-0.2, -0.15) is 0 Å². The molecule has 4 nitrogen and oxygen atoms in total. The molecule has 0 aromatic heterocycles. The third-order valence-corrected chi connectivity index (χ3v) is 4.15. The van der Waals surface area contributed by atoms with Gasteiger partial charge >= 0.3 is 0 Å². The second kappa shape index (κ2) is 4.32. The Labute approximate surface area is 97.3 Å². The topological polar surface area (TPSA) is 66.4 Å². The zero-order valence-electron chi connectivity index (χ0n) is 8.73. The molecule has 1 saturated carbocycles. The summed E-state index contributed by atoms with van der Waals surface area (Å²) < 4.78 is 51.3. The zero-order chi connectivity index (χ0) is 12.6. The van der Waals surface area contributed by atoms with Gasteiger partial charge in [-0.15, -0.1) is 0 Å². The van der Waals surface area contributed by atoms with Crippen LogP contribution in [0.1, 0.15) is 12.8 Å². The summed E-state index contributed by atoms with van der Waals surface area (Å²) in [6.07, 6.45) is 0.180. The van der Waals surface area contributed by atoms with Gasteiger partial charge in [-0.05, 0) is 31.0 Å². The number of benzene rings is 1. The molecule has 0 heterocycles. The van der Waals surface area contributed by atoms with Crippen LogP contribution in [-0.4, -0.2) is 25.7 Å². The van der Waals surface area contributed by atoms with Crippen LogP contribution in [-0.2, 0) is 10.0 Å². The van der Waals surface area contributed by atoms with Gasteiger partial charge in [0.05, 0.1) is 11.0 Å². The van der Waals surface area contributed by atoms with Gasteiger partial charge in [0.2, 0.25) is 10.0 Å². The molecule has 7 heteroatoms. The minimum Gasteiger partial charge on any atom is -0.393 e. The van der Waals surface area contributed by atoms with Crippen molar-refractivity contribution < 1.29 is 22.3 Å². The Morgan fingerprint density at radius 2 is 1.88 bits per heavy atom. The highest BCUT2D eigenvalue weighted by molar-refractivity contribution is 7.89. The summed E-state index contributed by atoms with van der Waals surface area (Å²) in [5.41, 5.74) is 0. The molecule has 1 aliphatic rings. The van der Waals surface area contributed by atoms with Crippen molar-refractivity contribution in [1.82, 2.24) is 4.72 Å². The molecule has 0 saturated heterocycles. The van der Waals surface area contributed by atoms with Crippen LogP contribution in [0, 0.1) is 11.6 Å². The average molecular weight is 263 g/mol. The summed E-state index contributed by atoms with van der Waals surface area (Å²) in [6, 6.07) is 2.05. The number of rotatable bonds is 3. The molecule has 1 aromatic rings. The third kappa shape index (κ3) is 2.62. The minimum atomic E-state index is -3.85. The van der Waals surface area contributed by atoms with Crippen LogP contribution in [0.5, 0.6) is 0 Å². The summed E-state index contributed by atoms with van der Waals surface area (Å²) in [5, 5.41) is 9.02. The highest BCUT2D eigenvalue weighted by Gasteiger charge is 2.31. The fourth-order valence-electron chi connectivity index (χ4n) is 1.62. The molecule has 94 valence electrons. The molecule has 1 aromatic carbocycles. The molecule has 1 fully saturated rings. The largest absolute Gasteiger partial charge is 0.393 e. The maximum Gasteiger partial charge on any atom is 0.240 e. The lowest BCUT2D eigenvalue weighted by molar-refractivity contribution is 0.0712. The van der Waals surface area contributed by atoms with Crippen molar-refractivity contribution in [3.05, 3.63) is 29.8 Å². The van der Waals surface area contributed by atoms with Gasteiger partial charge < -0.3 is 5.11 Å². The summed E-state index contributed by atoms with van der Waals surface area (Å²) in [4.78, 5) is -0.321. The molecule has 0 amide bonds. The molecule has 0 radical (unpaired) electrons. The summed E-state index contributed by atoms with van der Waals surface area (Å²) in [7, 11) is -3.85. The van der Waals surface area contributed by atoms with E-state index in [0.717, 1.165) is 12.1 Å². The molecule has 17 heavy (non-hydrogen) atoms. The van der Waals surface area contributed by atoms with Crippen LogP contribution < -0.4 is 4.72 Å². The van der Waals surface area contributed by atoms with Crippen molar-refractivity contribution in [1.29, 1.82) is 0 Å². The number of aliphatic hydroxyl groups excluding tert-OH is 1. The number of nitrogens with one attached hydrogen (secondary N) is 1. The molecule has 0 spiro atoms. The van der Waals surface area contributed by atoms with E-state index in [1.54, 1.807) is 0 Å². The van der Waals surface area contributed by atoms with Gasteiger partial charge in [-0.1, -0.05) is 0 Å². The fraction of sp³-hybridized carbons (Fsp3) is 0.400. The van der Waals surface area contributed by atoms with E-state index in [0.29, 0.717) is 18.9 Å². The van der Waals surface area contributed by atoms with Crippen LogP contribution >= 0.6 is 0 Å². The Bertz CT molecular complexity index is 526. The van der Waals surface area contributed by atoms with E-state index in [4.69, 9.17) is 5.11 Å². The summed E-state index contributed by atoms with van der Waals surface area (Å²) in [5.74, 6) is -2.30. The van der Waals surface area contributed by atoms with E-state index in [-0.39, 0.29) is 10.9 Å². The van der Waals surface area contributed by atoms with E-state index in [2.05, 4.69) is 4.72 Å². The molecule has 0 bridgehead atoms. The first-order chi connectivity index (χ1) is 7.88. The number of hydrogen-bond donors (Lipinski definition) is 2. The maximum atomic E-state index is 12.9. The number of aliphatic hydroxyl groups is 1. The second-order valence-electron chi connectivity index (χ2n) is 4.02. The number of hydrogen-bond acceptors (Lipinski definition) is 3. The van der Waals surface area contributed by atoms with E-state index in [1.165, 1.54) is 0 Å². The van der Waals surface area contributed by atoms with Gasteiger partial charge in [-0.25, -0.2) is 21.9 Å². The first kappa shape index (κ1) is 12.4. The third-order valence-electron chi connectivity index (χ3n) is 2.64. The molecule has 0 atom stereocenters. The molecular weight excluding hydrogens is 252 g/mol. The normalized spacial score (nSPS) is 24.4. The van der Waals surface area contributed by atoms with Crippen molar-refractivity contribution >= 4 is 10.0 Å². The van der Waals surface area contributed by atoms with Crippen molar-refractivity contribution in [2.24, 2.45) is 0 Å². The van der Waals surface area contributed by atoms with Crippen molar-refractivity contribution in [2.45, 2.75) is 29.9 Å². The van der Waals surface area contributed by atoms with Crippen LogP contribution in [0.3, 0.4) is 0 Å².